The maximum atomic E-state index is 12.0. The molecule has 0 radical (unpaired) electrons. The summed E-state index contributed by atoms with van der Waals surface area (Å²) in [5, 5.41) is 1.10. The molecule has 25 heavy (non-hydrogen) atoms. The molecule has 1 aliphatic heterocycles. The second-order valence-electron chi connectivity index (χ2n) is 6.88. The number of nitrogens with zero attached hydrogens (tertiary/aromatic N) is 2. The molecule has 0 amide bonds. The van der Waals surface area contributed by atoms with Crippen molar-refractivity contribution < 1.29 is 9.53 Å². The van der Waals surface area contributed by atoms with Crippen LogP contribution in [0.4, 0.5) is 5.82 Å². The Balaban J connectivity index is 2.04. The summed E-state index contributed by atoms with van der Waals surface area (Å²) >= 11 is 0. The molecule has 2 heterocycles. The van der Waals surface area contributed by atoms with E-state index in [-0.39, 0.29) is 5.97 Å². The van der Waals surface area contributed by atoms with Crippen LogP contribution >= 0.6 is 0 Å². The van der Waals surface area contributed by atoms with Gasteiger partial charge in [-0.25, -0.2) is 4.98 Å². The molecule has 5 heteroatoms. The van der Waals surface area contributed by atoms with Gasteiger partial charge in [-0.15, -0.1) is 0 Å². The topological polar surface area (TPSA) is 68.5 Å². The quantitative estimate of drug-likeness (QED) is 0.847. The van der Waals surface area contributed by atoms with Crippen LogP contribution in [0.2, 0.25) is 0 Å². The highest BCUT2D eigenvalue weighted by Crippen LogP contribution is 2.29. The maximum Gasteiger partial charge on any atom is 0.323 e. The fraction of sp³-hybridized carbons (Fsp3) is 0.500. The molecule has 134 valence electrons. The van der Waals surface area contributed by atoms with Crippen molar-refractivity contribution in [3.05, 3.63) is 34.9 Å². The number of hydrogen-bond donors (Lipinski definition) is 1. The van der Waals surface area contributed by atoms with Crippen LogP contribution in [0.5, 0.6) is 0 Å². The third-order valence-electron chi connectivity index (χ3n) is 4.74. The number of hydrogen-bond acceptors (Lipinski definition) is 5. The van der Waals surface area contributed by atoms with Gasteiger partial charge >= 0.3 is 5.97 Å². The number of aromatic nitrogens is 1. The van der Waals surface area contributed by atoms with Crippen LogP contribution in [-0.2, 0) is 16.0 Å². The highest BCUT2D eigenvalue weighted by molar-refractivity contribution is 5.86. The Hall–Kier alpha value is -2.14. The second-order valence-corrected chi connectivity index (χ2v) is 6.88. The van der Waals surface area contributed by atoms with E-state index >= 15 is 0 Å². The standard InChI is InChI=1S/C20H27N3O2/c1-4-25-20(24)17(21)12-16-11-15-10-13(2)9-14(3)18(15)22-19(16)23-7-5-6-8-23/h9-11,17H,4-8,12,21H2,1-3H3. The molecule has 2 N–H and O–H groups in total. The minimum absolute atomic E-state index is 0.347. The third-order valence-corrected chi connectivity index (χ3v) is 4.74. The summed E-state index contributed by atoms with van der Waals surface area (Å²) in [5.74, 6) is 0.618. The van der Waals surface area contributed by atoms with Crippen LogP contribution in [0.15, 0.2) is 18.2 Å². The second kappa shape index (κ2) is 7.40. The van der Waals surface area contributed by atoms with Gasteiger partial charge in [0.05, 0.1) is 12.1 Å². The molecule has 3 rings (SSSR count). The summed E-state index contributed by atoms with van der Waals surface area (Å²) in [6, 6.07) is 5.79. The van der Waals surface area contributed by atoms with Gasteiger partial charge in [0.2, 0.25) is 0 Å². The van der Waals surface area contributed by atoms with Gasteiger partial charge in [0, 0.05) is 24.9 Å². The number of rotatable bonds is 5. The molecule has 1 aromatic heterocycles. The number of nitrogens with two attached hydrogens (primary N) is 1. The summed E-state index contributed by atoms with van der Waals surface area (Å²) < 4.78 is 5.07. The van der Waals surface area contributed by atoms with Gasteiger partial charge in [-0.2, -0.15) is 0 Å². The van der Waals surface area contributed by atoms with Crippen molar-refractivity contribution >= 4 is 22.7 Å². The zero-order chi connectivity index (χ0) is 18.0. The van der Waals surface area contributed by atoms with Crippen LogP contribution in [0.3, 0.4) is 0 Å². The molecule has 1 aromatic carbocycles. The van der Waals surface area contributed by atoms with Crippen molar-refractivity contribution in [1.29, 1.82) is 0 Å². The van der Waals surface area contributed by atoms with Crippen molar-refractivity contribution in [2.45, 2.75) is 46.1 Å². The van der Waals surface area contributed by atoms with E-state index in [1.54, 1.807) is 6.92 Å². The van der Waals surface area contributed by atoms with E-state index in [0.29, 0.717) is 13.0 Å². The first kappa shape index (κ1) is 17.7. The largest absolute Gasteiger partial charge is 0.465 e. The molecular formula is C20H27N3O2. The fourth-order valence-corrected chi connectivity index (χ4v) is 3.61. The van der Waals surface area contributed by atoms with Crippen LogP contribution < -0.4 is 10.6 Å². The van der Waals surface area contributed by atoms with Gasteiger partial charge in [0.15, 0.2) is 0 Å². The molecule has 0 saturated carbocycles. The molecule has 1 fully saturated rings. The number of anilines is 1. The lowest BCUT2D eigenvalue weighted by atomic mass is 10.0. The highest BCUT2D eigenvalue weighted by atomic mass is 16.5. The number of ether oxygens (including phenoxy) is 1. The van der Waals surface area contributed by atoms with E-state index in [4.69, 9.17) is 15.5 Å². The molecular weight excluding hydrogens is 314 g/mol. The number of esters is 1. The lowest BCUT2D eigenvalue weighted by Crippen LogP contribution is -2.35. The first-order chi connectivity index (χ1) is 12.0. The van der Waals surface area contributed by atoms with E-state index in [1.165, 1.54) is 24.0 Å². The van der Waals surface area contributed by atoms with Crippen LogP contribution in [-0.4, -0.2) is 36.7 Å². The molecule has 1 saturated heterocycles. The molecule has 1 atom stereocenters. The van der Waals surface area contributed by atoms with Gasteiger partial charge in [0.1, 0.15) is 11.9 Å². The Morgan fingerprint density at radius 1 is 1.28 bits per heavy atom. The third kappa shape index (κ3) is 3.76. The highest BCUT2D eigenvalue weighted by Gasteiger charge is 2.23. The summed E-state index contributed by atoms with van der Waals surface area (Å²) in [6.45, 7) is 8.34. The zero-order valence-corrected chi connectivity index (χ0v) is 15.3. The number of carbonyl (C=O) groups is 1. The number of aryl methyl sites for hydroxylation is 2. The number of carbonyl (C=O) groups excluding carboxylic acids is 1. The molecule has 1 aliphatic rings. The Labute approximate surface area is 149 Å². The summed E-state index contributed by atoms with van der Waals surface area (Å²) in [4.78, 5) is 19.3. The van der Waals surface area contributed by atoms with E-state index in [1.807, 2.05) is 0 Å². The summed E-state index contributed by atoms with van der Waals surface area (Å²) in [5.41, 5.74) is 10.5. The van der Waals surface area contributed by atoms with Gasteiger partial charge in [-0.05, 0) is 56.9 Å². The van der Waals surface area contributed by atoms with Crippen molar-refractivity contribution in [2.24, 2.45) is 5.73 Å². The average molecular weight is 341 g/mol. The van der Waals surface area contributed by atoms with Crippen LogP contribution in [0.25, 0.3) is 10.9 Å². The number of benzene rings is 1. The number of pyridine rings is 1. The Morgan fingerprint density at radius 3 is 2.68 bits per heavy atom. The normalized spacial score (nSPS) is 15.6. The van der Waals surface area contributed by atoms with Gasteiger partial charge in [-0.3, -0.25) is 4.79 Å². The molecule has 1 unspecified atom stereocenters. The van der Waals surface area contributed by atoms with Crippen molar-refractivity contribution in [2.75, 3.05) is 24.6 Å². The SMILES string of the molecule is CCOC(=O)C(N)Cc1cc2cc(C)cc(C)c2nc1N1CCCC1. The lowest BCUT2D eigenvalue weighted by molar-refractivity contribution is -0.144. The first-order valence-corrected chi connectivity index (χ1v) is 9.07. The minimum Gasteiger partial charge on any atom is -0.465 e. The van der Waals surface area contributed by atoms with E-state index in [2.05, 4.69) is 36.9 Å². The predicted molar refractivity (Wildman–Crippen MR) is 101 cm³/mol. The van der Waals surface area contributed by atoms with Crippen molar-refractivity contribution in [1.82, 2.24) is 4.98 Å². The van der Waals surface area contributed by atoms with Gasteiger partial charge in [0.25, 0.3) is 0 Å². The number of fused-ring (bicyclic) bond motifs is 1. The summed E-state index contributed by atoms with van der Waals surface area (Å²) in [7, 11) is 0. The van der Waals surface area contributed by atoms with E-state index in [9.17, 15) is 4.79 Å². The van der Waals surface area contributed by atoms with Crippen molar-refractivity contribution in [3.8, 4) is 0 Å². The summed E-state index contributed by atoms with van der Waals surface area (Å²) in [6.07, 6.45) is 2.80. The molecule has 2 aromatic rings. The molecule has 0 spiro atoms. The Kier molecular flexibility index (Phi) is 5.23. The van der Waals surface area contributed by atoms with Crippen LogP contribution in [0.1, 0.15) is 36.5 Å². The van der Waals surface area contributed by atoms with Gasteiger partial charge in [-0.1, -0.05) is 11.6 Å². The minimum atomic E-state index is -0.661. The molecule has 5 nitrogen and oxygen atoms in total. The van der Waals surface area contributed by atoms with Crippen molar-refractivity contribution in [3.63, 3.8) is 0 Å². The Morgan fingerprint density at radius 2 is 2.00 bits per heavy atom. The smallest absolute Gasteiger partial charge is 0.323 e. The Bertz CT molecular complexity index is 782. The predicted octanol–water partition coefficient (Wildman–Crippen LogP) is 2.88. The monoisotopic (exact) mass is 341 g/mol. The first-order valence-electron chi connectivity index (χ1n) is 9.07. The van der Waals surface area contributed by atoms with E-state index in [0.717, 1.165) is 35.4 Å². The molecule has 0 aliphatic carbocycles. The zero-order valence-electron chi connectivity index (χ0n) is 15.3. The average Bonchev–Trinajstić information content (AvgIpc) is 3.08. The van der Waals surface area contributed by atoms with Gasteiger partial charge < -0.3 is 15.4 Å². The fourth-order valence-electron chi connectivity index (χ4n) is 3.61. The lowest BCUT2D eigenvalue weighted by Gasteiger charge is -2.22. The maximum absolute atomic E-state index is 12.0. The van der Waals surface area contributed by atoms with E-state index < -0.39 is 6.04 Å². The molecule has 0 bridgehead atoms. The van der Waals surface area contributed by atoms with Crippen LogP contribution in [0, 0.1) is 13.8 Å².